The van der Waals surface area contributed by atoms with Gasteiger partial charge in [0.05, 0.1) is 17.0 Å². The normalized spacial score (nSPS) is 13.6. The number of nitrogens with one attached hydrogen (secondary N) is 1. The van der Waals surface area contributed by atoms with Gasteiger partial charge in [-0.05, 0) is 29.8 Å². The van der Waals surface area contributed by atoms with Crippen molar-refractivity contribution in [1.29, 1.82) is 0 Å². The van der Waals surface area contributed by atoms with Gasteiger partial charge in [-0.25, -0.2) is 18.8 Å². The second kappa shape index (κ2) is 8.06. The van der Waals surface area contributed by atoms with E-state index in [1.807, 2.05) is 0 Å². The Balaban J connectivity index is 1.74. The monoisotopic (exact) mass is 453 g/mol. The van der Waals surface area contributed by atoms with Crippen molar-refractivity contribution in [1.82, 2.24) is 4.98 Å². The van der Waals surface area contributed by atoms with Gasteiger partial charge in [-0.2, -0.15) is 13.2 Å². The fourth-order valence-electron chi connectivity index (χ4n) is 2.90. The van der Waals surface area contributed by atoms with Gasteiger partial charge in [0.15, 0.2) is 5.13 Å². The van der Waals surface area contributed by atoms with Gasteiger partial charge in [0.1, 0.15) is 29.5 Å². The van der Waals surface area contributed by atoms with Gasteiger partial charge >= 0.3 is 6.18 Å². The molecule has 5 nitrogen and oxygen atoms in total. The van der Waals surface area contributed by atoms with Crippen LogP contribution in [0.25, 0.3) is 10.4 Å². The molecule has 1 N–H and O–H groups in total. The molecule has 0 saturated carbocycles. The number of ether oxygens (including phenoxy) is 1. The number of hydrogen-bond acceptors (Lipinski definition) is 5. The number of rotatable bonds is 4. The average Bonchev–Trinajstić information content (AvgIpc) is 3.37. The summed E-state index contributed by atoms with van der Waals surface area (Å²) in [5.74, 6) is -3.09. The summed E-state index contributed by atoms with van der Waals surface area (Å²) in [4.78, 5) is 21.0. The number of alkyl halides is 3. The third kappa shape index (κ3) is 4.26. The molecule has 0 saturated heterocycles. The van der Waals surface area contributed by atoms with Crippen LogP contribution in [0.4, 0.5) is 27.1 Å². The first-order valence-electron chi connectivity index (χ1n) is 8.85. The standard InChI is InChI=1S/C20H12F5N3O2S/c21-12-5-2-6-13(22)14(12)17(29)28-19-27-15(18-26-7-8-30-18)16(31-19)10-3-1-4-11(9-10)20(23,24)25/h1-6,9H,7-8H2,(H,27,28,29). The van der Waals surface area contributed by atoms with E-state index in [4.69, 9.17) is 4.74 Å². The number of carbonyl (C=O) groups excluding carboxylic acids is 1. The Labute approximate surface area is 176 Å². The van der Waals surface area contributed by atoms with Crippen LogP contribution in [0.2, 0.25) is 0 Å². The third-order valence-corrected chi connectivity index (χ3v) is 5.30. The summed E-state index contributed by atoms with van der Waals surface area (Å²) < 4.78 is 72.6. The minimum absolute atomic E-state index is 0.0757. The van der Waals surface area contributed by atoms with Crippen molar-refractivity contribution in [3.63, 3.8) is 0 Å². The summed E-state index contributed by atoms with van der Waals surface area (Å²) in [6, 6.07) is 7.53. The predicted octanol–water partition coefficient (Wildman–Crippen LogP) is 5.14. The zero-order valence-electron chi connectivity index (χ0n) is 15.5. The maximum atomic E-state index is 13.9. The van der Waals surface area contributed by atoms with Gasteiger partial charge in [0, 0.05) is 0 Å². The summed E-state index contributed by atoms with van der Waals surface area (Å²) in [7, 11) is 0. The van der Waals surface area contributed by atoms with Crippen molar-refractivity contribution >= 4 is 28.3 Å². The lowest BCUT2D eigenvalue weighted by atomic mass is 10.1. The zero-order chi connectivity index (χ0) is 22.2. The molecule has 1 amide bonds. The van der Waals surface area contributed by atoms with E-state index >= 15 is 0 Å². The topological polar surface area (TPSA) is 63.6 Å². The van der Waals surface area contributed by atoms with Crippen molar-refractivity contribution < 1.29 is 31.5 Å². The Morgan fingerprint density at radius 1 is 1.10 bits per heavy atom. The summed E-state index contributed by atoms with van der Waals surface area (Å²) in [5, 5.41) is 2.22. The highest BCUT2D eigenvalue weighted by atomic mass is 32.1. The van der Waals surface area contributed by atoms with E-state index in [1.54, 1.807) is 0 Å². The van der Waals surface area contributed by atoms with Crippen molar-refractivity contribution in [3.8, 4) is 10.4 Å². The molecule has 0 atom stereocenters. The van der Waals surface area contributed by atoms with Gasteiger partial charge in [-0.1, -0.05) is 29.5 Å². The van der Waals surface area contributed by atoms with Crippen molar-refractivity contribution in [3.05, 3.63) is 70.9 Å². The van der Waals surface area contributed by atoms with Crippen LogP contribution >= 0.6 is 11.3 Å². The SMILES string of the molecule is O=C(Nc1nc(C2=NCCO2)c(-c2cccc(C(F)(F)F)c2)s1)c1c(F)cccc1F. The molecule has 0 radical (unpaired) electrons. The van der Waals surface area contributed by atoms with E-state index in [2.05, 4.69) is 15.3 Å². The van der Waals surface area contributed by atoms with Crippen LogP contribution < -0.4 is 5.32 Å². The molecule has 4 rings (SSSR count). The minimum Gasteiger partial charge on any atom is -0.474 e. The number of halogens is 5. The van der Waals surface area contributed by atoms with Crippen LogP contribution in [-0.4, -0.2) is 29.9 Å². The lowest BCUT2D eigenvalue weighted by Crippen LogP contribution is -2.16. The fraction of sp³-hybridized carbons (Fsp3) is 0.150. The van der Waals surface area contributed by atoms with Crippen molar-refractivity contribution in [2.24, 2.45) is 4.99 Å². The molecule has 160 valence electrons. The highest BCUT2D eigenvalue weighted by molar-refractivity contribution is 7.19. The van der Waals surface area contributed by atoms with Crippen molar-refractivity contribution in [2.75, 3.05) is 18.5 Å². The van der Waals surface area contributed by atoms with Crippen LogP contribution in [0.3, 0.4) is 0 Å². The molecule has 1 aliphatic rings. The van der Waals surface area contributed by atoms with Crippen LogP contribution in [0, 0.1) is 11.6 Å². The number of anilines is 1. The molecule has 0 unspecified atom stereocenters. The molecule has 2 heterocycles. The first-order valence-corrected chi connectivity index (χ1v) is 9.67. The molecule has 11 heteroatoms. The molecule has 1 aliphatic heterocycles. The number of aromatic nitrogens is 1. The van der Waals surface area contributed by atoms with Crippen LogP contribution in [0.5, 0.6) is 0 Å². The van der Waals surface area contributed by atoms with E-state index in [-0.39, 0.29) is 33.8 Å². The lowest BCUT2D eigenvalue weighted by molar-refractivity contribution is -0.137. The molecule has 1 aromatic heterocycles. The molecule has 0 spiro atoms. The summed E-state index contributed by atoms with van der Waals surface area (Å²) in [5.41, 5.74) is -1.35. The number of benzene rings is 2. The summed E-state index contributed by atoms with van der Waals surface area (Å²) >= 11 is 0.837. The van der Waals surface area contributed by atoms with E-state index in [1.165, 1.54) is 12.1 Å². The van der Waals surface area contributed by atoms with Gasteiger partial charge in [0.2, 0.25) is 5.90 Å². The fourth-order valence-corrected chi connectivity index (χ4v) is 3.85. The maximum absolute atomic E-state index is 13.9. The van der Waals surface area contributed by atoms with Crippen LogP contribution in [-0.2, 0) is 10.9 Å². The Morgan fingerprint density at radius 2 is 1.81 bits per heavy atom. The number of aliphatic imine (C=N–C) groups is 1. The van der Waals surface area contributed by atoms with Gasteiger partial charge in [-0.3, -0.25) is 10.1 Å². The minimum atomic E-state index is -4.55. The summed E-state index contributed by atoms with van der Waals surface area (Å²) in [6.07, 6.45) is -4.55. The zero-order valence-corrected chi connectivity index (χ0v) is 16.3. The quantitative estimate of drug-likeness (QED) is 0.557. The molecule has 2 aromatic carbocycles. The molecular weight excluding hydrogens is 441 g/mol. The lowest BCUT2D eigenvalue weighted by Gasteiger charge is -2.08. The second-order valence-electron chi connectivity index (χ2n) is 6.36. The Morgan fingerprint density at radius 3 is 2.45 bits per heavy atom. The second-order valence-corrected chi connectivity index (χ2v) is 7.36. The number of nitrogens with zero attached hydrogens (tertiary/aromatic N) is 2. The Hall–Kier alpha value is -3.34. The Bertz CT molecular complexity index is 1170. The van der Waals surface area contributed by atoms with Crippen LogP contribution in [0.1, 0.15) is 21.6 Å². The van der Waals surface area contributed by atoms with E-state index in [9.17, 15) is 26.7 Å². The first kappa shape index (κ1) is 20.9. The summed E-state index contributed by atoms with van der Waals surface area (Å²) in [6.45, 7) is 0.619. The average molecular weight is 453 g/mol. The largest absolute Gasteiger partial charge is 0.474 e. The third-order valence-electron chi connectivity index (χ3n) is 4.28. The highest BCUT2D eigenvalue weighted by Gasteiger charge is 2.31. The number of thiazole rings is 1. The molecule has 0 bridgehead atoms. The maximum Gasteiger partial charge on any atom is 0.416 e. The molecular formula is C20H12F5N3O2S. The first-order chi connectivity index (χ1) is 14.7. The van der Waals surface area contributed by atoms with Gasteiger partial charge in [0.25, 0.3) is 5.91 Å². The highest BCUT2D eigenvalue weighted by Crippen LogP contribution is 2.38. The smallest absolute Gasteiger partial charge is 0.416 e. The molecule has 31 heavy (non-hydrogen) atoms. The van der Waals surface area contributed by atoms with E-state index in [0.29, 0.717) is 6.54 Å². The number of carbonyl (C=O) groups is 1. The predicted molar refractivity (Wildman–Crippen MR) is 104 cm³/mol. The number of hydrogen-bond donors (Lipinski definition) is 1. The Kier molecular flexibility index (Phi) is 5.44. The van der Waals surface area contributed by atoms with Gasteiger partial charge < -0.3 is 4.74 Å². The van der Waals surface area contributed by atoms with E-state index in [0.717, 1.165) is 41.7 Å². The molecule has 0 aliphatic carbocycles. The van der Waals surface area contributed by atoms with Crippen molar-refractivity contribution in [2.45, 2.75) is 6.18 Å². The number of amides is 1. The molecule has 3 aromatic rings. The van der Waals surface area contributed by atoms with Crippen LogP contribution in [0.15, 0.2) is 47.5 Å². The molecule has 0 fully saturated rings. The van der Waals surface area contributed by atoms with Gasteiger partial charge in [-0.15, -0.1) is 0 Å². The van der Waals surface area contributed by atoms with E-state index < -0.39 is 34.8 Å².